The number of unbranched alkanes of at least 4 members (excludes halogenated alkanes) is 2. The highest BCUT2D eigenvalue weighted by atomic mass is 32.2. The number of aliphatic hydroxyl groups excluding tert-OH is 1. The van der Waals surface area contributed by atoms with Crippen LogP contribution in [0.2, 0.25) is 0 Å². The van der Waals surface area contributed by atoms with Crippen LogP contribution in [0.5, 0.6) is 0 Å². The largest absolute Gasteiger partial charge is 0.396 e. The summed E-state index contributed by atoms with van der Waals surface area (Å²) in [5, 5.41) is 15.3. The number of amides is 3. The van der Waals surface area contributed by atoms with E-state index in [0.717, 1.165) is 24.8 Å². The lowest BCUT2D eigenvalue weighted by molar-refractivity contribution is -0.140. The van der Waals surface area contributed by atoms with Gasteiger partial charge in [0.2, 0.25) is 17.7 Å². The average Bonchev–Trinajstić information content (AvgIpc) is 3.39. The van der Waals surface area contributed by atoms with Gasteiger partial charge in [-0.2, -0.15) is 0 Å². The van der Waals surface area contributed by atoms with E-state index in [-0.39, 0.29) is 41.5 Å². The zero-order valence-electron chi connectivity index (χ0n) is 20.3. The predicted molar refractivity (Wildman–Crippen MR) is 133 cm³/mol. The molecule has 8 heteroatoms. The van der Waals surface area contributed by atoms with Crippen LogP contribution in [0.25, 0.3) is 0 Å². The summed E-state index contributed by atoms with van der Waals surface area (Å²) < 4.78 is -0.577. The van der Waals surface area contributed by atoms with Gasteiger partial charge in [0, 0.05) is 31.0 Å². The molecule has 3 aliphatic heterocycles. The Hall–Kier alpha value is -2.06. The first-order valence-corrected chi connectivity index (χ1v) is 13.4. The standard InChI is InChI=1S/C26H37N3O4S/c1-16(2)28-24(32)22-26-17(3)14-19(34-26)20(23(31)27-15-18-10-6-4-7-11-18)21(26)25(33)29(22)12-8-5-9-13-30/h4,6-7,10-11,16-17,19-22,30H,5,8-9,12-15H2,1-3H3,(H,27,31)(H,28,32)/t17?,19-,20+,21-,22?,26?/m0/s1. The fourth-order valence-corrected chi connectivity index (χ4v) is 8.62. The number of fused-ring (bicyclic) bond motifs is 1. The summed E-state index contributed by atoms with van der Waals surface area (Å²) in [6.45, 7) is 7.02. The number of rotatable bonds is 10. The van der Waals surface area contributed by atoms with E-state index in [9.17, 15) is 14.4 Å². The maximum atomic E-state index is 13.9. The molecule has 1 aromatic rings. The van der Waals surface area contributed by atoms with Gasteiger partial charge in [0.1, 0.15) is 6.04 Å². The van der Waals surface area contributed by atoms with Gasteiger partial charge in [-0.1, -0.05) is 37.3 Å². The van der Waals surface area contributed by atoms with E-state index < -0.39 is 22.6 Å². The van der Waals surface area contributed by atoms with Crippen LogP contribution in [-0.2, 0) is 20.9 Å². The van der Waals surface area contributed by atoms with Crippen LogP contribution in [0, 0.1) is 17.8 Å². The quantitative estimate of drug-likeness (QED) is 0.440. The maximum absolute atomic E-state index is 13.9. The molecule has 186 valence electrons. The van der Waals surface area contributed by atoms with E-state index in [2.05, 4.69) is 17.6 Å². The Kier molecular flexibility index (Phi) is 7.57. The Morgan fingerprint density at radius 1 is 1.18 bits per heavy atom. The molecule has 3 amide bonds. The Balaban J connectivity index is 1.60. The van der Waals surface area contributed by atoms with Gasteiger partial charge in [-0.3, -0.25) is 14.4 Å². The van der Waals surface area contributed by atoms with Gasteiger partial charge in [0.25, 0.3) is 0 Å². The molecular weight excluding hydrogens is 450 g/mol. The molecule has 1 spiro atoms. The third-order valence-corrected chi connectivity index (χ3v) is 9.67. The molecule has 0 saturated carbocycles. The highest BCUT2D eigenvalue weighted by Gasteiger charge is 2.75. The second-order valence-electron chi connectivity index (χ2n) is 10.2. The Bertz CT molecular complexity index is 911. The Morgan fingerprint density at radius 3 is 2.59 bits per heavy atom. The molecule has 7 nitrogen and oxygen atoms in total. The number of nitrogens with zero attached hydrogens (tertiary/aromatic N) is 1. The molecule has 3 fully saturated rings. The van der Waals surface area contributed by atoms with Crippen molar-refractivity contribution in [3.8, 4) is 0 Å². The summed E-state index contributed by atoms with van der Waals surface area (Å²) in [5.74, 6) is -0.997. The number of benzene rings is 1. The first-order chi connectivity index (χ1) is 16.3. The summed E-state index contributed by atoms with van der Waals surface area (Å²) in [7, 11) is 0. The third-order valence-electron chi connectivity index (χ3n) is 7.59. The molecule has 4 rings (SSSR count). The van der Waals surface area contributed by atoms with Crippen LogP contribution in [0.3, 0.4) is 0 Å². The Labute approximate surface area is 206 Å². The molecule has 3 N–H and O–H groups in total. The SMILES string of the molecule is CC(C)NC(=O)C1N(CCCCCO)C(=O)[C@@H]2[C@H](C(=O)NCc3ccccc3)[C@@H]3CC(C)C12S3. The molecule has 0 radical (unpaired) electrons. The van der Waals surface area contributed by atoms with Crippen LogP contribution < -0.4 is 10.6 Å². The minimum atomic E-state index is -0.577. The zero-order chi connectivity index (χ0) is 24.5. The topological polar surface area (TPSA) is 98.7 Å². The number of aliphatic hydroxyl groups is 1. The summed E-state index contributed by atoms with van der Waals surface area (Å²) >= 11 is 1.71. The number of thioether (sulfide) groups is 1. The predicted octanol–water partition coefficient (Wildman–Crippen LogP) is 2.33. The van der Waals surface area contributed by atoms with E-state index in [1.165, 1.54) is 0 Å². The molecule has 3 unspecified atom stereocenters. The summed E-state index contributed by atoms with van der Waals surface area (Å²) in [5.41, 5.74) is 1.02. The summed E-state index contributed by atoms with van der Waals surface area (Å²) in [6.07, 6.45) is 3.04. The number of hydrogen-bond donors (Lipinski definition) is 3. The van der Waals surface area contributed by atoms with Gasteiger partial charge in [-0.25, -0.2) is 0 Å². The molecule has 1 aromatic carbocycles. The van der Waals surface area contributed by atoms with E-state index in [1.807, 2.05) is 44.2 Å². The number of nitrogens with one attached hydrogen (secondary N) is 2. The number of likely N-dealkylation sites (tertiary alicyclic amines) is 1. The van der Waals surface area contributed by atoms with E-state index in [0.29, 0.717) is 19.5 Å². The summed E-state index contributed by atoms with van der Waals surface area (Å²) in [6, 6.07) is 9.17. The fraction of sp³-hybridized carbons (Fsp3) is 0.654. The minimum Gasteiger partial charge on any atom is -0.396 e. The molecule has 0 aliphatic carbocycles. The zero-order valence-corrected chi connectivity index (χ0v) is 21.1. The van der Waals surface area contributed by atoms with E-state index in [4.69, 9.17) is 5.11 Å². The minimum absolute atomic E-state index is 0.0295. The summed E-state index contributed by atoms with van der Waals surface area (Å²) in [4.78, 5) is 42.6. The second-order valence-corrected chi connectivity index (χ2v) is 11.8. The number of carbonyl (C=O) groups is 3. The lowest BCUT2D eigenvalue weighted by Gasteiger charge is -2.39. The van der Waals surface area contributed by atoms with Gasteiger partial charge < -0.3 is 20.6 Å². The lowest BCUT2D eigenvalue weighted by atomic mass is 9.66. The van der Waals surface area contributed by atoms with Gasteiger partial charge in [0.15, 0.2) is 0 Å². The van der Waals surface area contributed by atoms with Crippen molar-refractivity contribution in [3.63, 3.8) is 0 Å². The highest BCUT2D eigenvalue weighted by molar-refractivity contribution is 8.02. The van der Waals surface area contributed by atoms with Gasteiger partial charge in [-0.15, -0.1) is 11.8 Å². The van der Waals surface area contributed by atoms with Crippen LogP contribution in [0.1, 0.15) is 52.0 Å². The van der Waals surface area contributed by atoms with Crippen LogP contribution >= 0.6 is 11.8 Å². The monoisotopic (exact) mass is 487 g/mol. The van der Waals surface area contributed by atoms with Crippen molar-refractivity contribution in [1.82, 2.24) is 15.5 Å². The van der Waals surface area contributed by atoms with Crippen molar-refractivity contribution in [1.29, 1.82) is 0 Å². The van der Waals surface area contributed by atoms with Crippen molar-refractivity contribution in [3.05, 3.63) is 35.9 Å². The van der Waals surface area contributed by atoms with Crippen molar-refractivity contribution in [2.24, 2.45) is 17.8 Å². The van der Waals surface area contributed by atoms with Crippen molar-refractivity contribution in [2.45, 2.75) is 75.1 Å². The van der Waals surface area contributed by atoms with Gasteiger partial charge in [0.05, 0.1) is 16.6 Å². The molecule has 2 bridgehead atoms. The molecule has 6 atom stereocenters. The van der Waals surface area contributed by atoms with Gasteiger partial charge in [-0.05, 0) is 51.0 Å². The van der Waals surface area contributed by atoms with E-state index >= 15 is 0 Å². The van der Waals surface area contributed by atoms with Crippen molar-refractivity contribution in [2.75, 3.05) is 13.2 Å². The molecule has 0 aromatic heterocycles. The maximum Gasteiger partial charge on any atom is 0.244 e. The molecule has 3 saturated heterocycles. The highest BCUT2D eigenvalue weighted by Crippen LogP contribution is 2.68. The van der Waals surface area contributed by atoms with Crippen LogP contribution in [0.4, 0.5) is 0 Å². The molecule has 3 aliphatic rings. The van der Waals surface area contributed by atoms with Crippen LogP contribution in [-0.4, -0.2) is 63.0 Å². The fourth-order valence-electron chi connectivity index (χ4n) is 6.20. The number of hydrogen-bond acceptors (Lipinski definition) is 5. The molecule has 3 heterocycles. The normalized spacial score (nSPS) is 31.7. The lowest BCUT2D eigenvalue weighted by Crippen LogP contribution is -2.57. The van der Waals surface area contributed by atoms with Crippen molar-refractivity contribution >= 4 is 29.5 Å². The molecular formula is C26H37N3O4S. The van der Waals surface area contributed by atoms with E-state index in [1.54, 1.807) is 16.7 Å². The first-order valence-electron chi connectivity index (χ1n) is 12.5. The van der Waals surface area contributed by atoms with Crippen LogP contribution in [0.15, 0.2) is 30.3 Å². The second kappa shape index (κ2) is 10.3. The smallest absolute Gasteiger partial charge is 0.244 e. The Morgan fingerprint density at radius 2 is 1.91 bits per heavy atom. The van der Waals surface area contributed by atoms with Gasteiger partial charge >= 0.3 is 0 Å². The van der Waals surface area contributed by atoms with Crippen molar-refractivity contribution < 1.29 is 19.5 Å². The first kappa shape index (κ1) is 25.0. The average molecular weight is 488 g/mol. The number of carbonyl (C=O) groups excluding carboxylic acids is 3. The third kappa shape index (κ3) is 4.35. The molecule has 34 heavy (non-hydrogen) atoms.